The smallest absolute Gasteiger partial charge is 0.330 e. The minimum absolute atomic E-state index is 0.0947. The van der Waals surface area contributed by atoms with E-state index in [-0.39, 0.29) is 12.2 Å². The highest BCUT2D eigenvalue weighted by atomic mass is 79.9. The van der Waals surface area contributed by atoms with Crippen LogP contribution in [0, 0.1) is 0 Å². The number of halogens is 1. The first-order valence-corrected chi connectivity index (χ1v) is 7.62. The van der Waals surface area contributed by atoms with Gasteiger partial charge in [0.1, 0.15) is 18.3 Å². The van der Waals surface area contributed by atoms with Crippen LogP contribution in [0.15, 0.2) is 20.8 Å². The van der Waals surface area contributed by atoms with Crippen molar-refractivity contribution in [1.29, 1.82) is 0 Å². The van der Waals surface area contributed by atoms with E-state index in [1.165, 1.54) is 17.3 Å². The van der Waals surface area contributed by atoms with Gasteiger partial charge >= 0.3 is 5.69 Å². The van der Waals surface area contributed by atoms with Crippen LogP contribution in [0.3, 0.4) is 0 Å². The molecule has 0 unspecified atom stereocenters. The highest BCUT2D eigenvalue weighted by molar-refractivity contribution is 9.11. The molecule has 1 fully saturated rings. The van der Waals surface area contributed by atoms with Crippen LogP contribution in [-0.2, 0) is 9.47 Å². The van der Waals surface area contributed by atoms with Crippen molar-refractivity contribution in [1.82, 2.24) is 9.55 Å². The quantitative estimate of drug-likeness (QED) is 0.641. The van der Waals surface area contributed by atoms with Crippen LogP contribution in [0.4, 0.5) is 0 Å². The van der Waals surface area contributed by atoms with Crippen molar-refractivity contribution >= 4 is 22.0 Å². The lowest BCUT2D eigenvalue weighted by atomic mass is 10.1. The zero-order valence-electron chi connectivity index (χ0n) is 11.8. The normalized spacial score (nSPS) is 28.5. The van der Waals surface area contributed by atoms with Gasteiger partial charge in [0.25, 0.3) is 5.56 Å². The predicted molar refractivity (Wildman–Crippen MR) is 81.7 cm³/mol. The van der Waals surface area contributed by atoms with Crippen LogP contribution in [0.2, 0.25) is 0 Å². The van der Waals surface area contributed by atoms with Crippen LogP contribution in [0.5, 0.6) is 0 Å². The monoisotopic (exact) mass is 376 g/mol. The molecular weight excluding hydrogens is 360 g/mol. The first-order valence-electron chi connectivity index (χ1n) is 6.71. The number of ether oxygens (including phenoxy) is 2. The van der Waals surface area contributed by atoms with Crippen molar-refractivity contribution < 1.29 is 19.7 Å². The molecule has 4 atom stereocenters. The molecule has 9 heteroatoms. The largest absolute Gasteiger partial charge is 0.387 e. The Morgan fingerprint density at radius 1 is 1.45 bits per heavy atom. The topological polar surface area (TPSA) is 114 Å². The maximum atomic E-state index is 11.9. The first kappa shape index (κ1) is 17.1. The number of rotatable bonds is 5. The second kappa shape index (κ2) is 7.34. The summed E-state index contributed by atoms with van der Waals surface area (Å²) in [4.78, 5) is 27.2. The number of nitrogens with one attached hydrogen (secondary N) is 1. The molecule has 122 valence electrons. The number of hydrogen-bond donors (Lipinski definition) is 3. The molecule has 3 N–H and O–H groups in total. The Balaban J connectivity index is 2.33. The molecule has 0 spiro atoms. The third-order valence-electron chi connectivity index (χ3n) is 3.34. The zero-order valence-corrected chi connectivity index (χ0v) is 13.4. The van der Waals surface area contributed by atoms with Crippen molar-refractivity contribution in [2.45, 2.75) is 31.5 Å². The Kier molecular flexibility index (Phi) is 5.70. The molecule has 22 heavy (non-hydrogen) atoms. The number of H-pyrrole nitrogens is 1. The molecule has 0 saturated carbocycles. The predicted octanol–water partition coefficient (Wildman–Crippen LogP) is -0.442. The van der Waals surface area contributed by atoms with E-state index >= 15 is 0 Å². The summed E-state index contributed by atoms with van der Waals surface area (Å²) in [5.41, 5.74) is -1.09. The van der Waals surface area contributed by atoms with Gasteiger partial charge in [-0.05, 0) is 18.0 Å². The lowest BCUT2D eigenvalue weighted by Crippen LogP contribution is -2.38. The molecule has 0 aromatic carbocycles. The van der Waals surface area contributed by atoms with Crippen LogP contribution in [0.1, 0.15) is 18.7 Å². The summed E-state index contributed by atoms with van der Waals surface area (Å²) in [6.07, 6.45) is -1.64. The van der Waals surface area contributed by atoms with Gasteiger partial charge in [-0.3, -0.25) is 14.3 Å². The third kappa shape index (κ3) is 3.39. The standard InChI is InChI=1S/C13H17BrN2O6/c1-2-21-6-8-9(17)10(18)12(22-8)16-5-7(3-4-14)11(19)15-13(16)20/h3-5,8-10,12,17-18H,2,6H2,1H3,(H,15,19,20)/t8-,9-,10+,12-/m1/s1. The van der Waals surface area contributed by atoms with Crippen LogP contribution < -0.4 is 11.2 Å². The highest BCUT2D eigenvalue weighted by Crippen LogP contribution is 2.28. The van der Waals surface area contributed by atoms with Crippen LogP contribution in [0.25, 0.3) is 6.08 Å². The molecule has 1 aromatic rings. The van der Waals surface area contributed by atoms with E-state index in [0.29, 0.717) is 6.61 Å². The van der Waals surface area contributed by atoms with Gasteiger partial charge < -0.3 is 19.7 Å². The maximum Gasteiger partial charge on any atom is 0.330 e. The maximum absolute atomic E-state index is 11.9. The molecular formula is C13H17BrN2O6. The number of aromatic amines is 1. The minimum Gasteiger partial charge on any atom is -0.387 e. The summed E-state index contributed by atoms with van der Waals surface area (Å²) in [5.74, 6) is 0. The van der Waals surface area contributed by atoms with E-state index in [2.05, 4.69) is 20.9 Å². The fourth-order valence-corrected chi connectivity index (χ4v) is 2.49. The molecule has 8 nitrogen and oxygen atoms in total. The summed E-state index contributed by atoms with van der Waals surface area (Å²) < 4.78 is 11.7. The number of nitrogens with zero attached hydrogens (tertiary/aromatic N) is 1. The van der Waals surface area contributed by atoms with E-state index in [1.807, 2.05) is 0 Å². The SMILES string of the molecule is CCOC[C@H]1O[C@@H](n2cc(C=CBr)c(=O)[nH]c2=O)[C@@H](O)[C@@H]1O. The Bertz CT molecular complexity index is 655. The molecule has 1 aromatic heterocycles. The van der Waals surface area contributed by atoms with Gasteiger partial charge in [-0.2, -0.15) is 0 Å². The Hall–Kier alpha value is -1.26. The molecule has 2 heterocycles. The first-order chi connectivity index (χ1) is 10.5. The van der Waals surface area contributed by atoms with Crippen LogP contribution in [-0.4, -0.2) is 51.3 Å². The van der Waals surface area contributed by atoms with Crippen molar-refractivity contribution in [3.8, 4) is 0 Å². The lowest BCUT2D eigenvalue weighted by Gasteiger charge is -2.17. The molecule has 0 bridgehead atoms. The van der Waals surface area contributed by atoms with Gasteiger partial charge in [0.2, 0.25) is 0 Å². The third-order valence-corrected chi connectivity index (χ3v) is 3.60. The molecule has 0 radical (unpaired) electrons. The number of aliphatic hydroxyl groups excluding tert-OH is 2. The Morgan fingerprint density at radius 3 is 2.82 bits per heavy atom. The lowest BCUT2D eigenvalue weighted by molar-refractivity contribution is -0.0669. The van der Waals surface area contributed by atoms with E-state index in [1.54, 1.807) is 6.92 Å². The van der Waals surface area contributed by atoms with Crippen molar-refractivity contribution in [3.05, 3.63) is 37.6 Å². The molecule has 0 aliphatic carbocycles. The number of hydrogen-bond acceptors (Lipinski definition) is 6. The van der Waals surface area contributed by atoms with E-state index in [4.69, 9.17) is 9.47 Å². The van der Waals surface area contributed by atoms with Gasteiger partial charge in [0.05, 0.1) is 12.2 Å². The summed E-state index contributed by atoms with van der Waals surface area (Å²) in [5, 5.41) is 20.1. The Labute approximate surface area is 134 Å². The average molecular weight is 377 g/mol. The average Bonchev–Trinajstić information content (AvgIpc) is 2.76. The van der Waals surface area contributed by atoms with Crippen molar-refractivity contribution in [2.75, 3.05) is 13.2 Å². The number of aliphatic hydroxyl groups is 2. The molecule has 1 aliphatic rings. The number of aromatic nitrogens is 2. The minimum atomic E-state index is -1.31. The van der Waals surface area contributed by atoms with Gasteiger partial charge in [0, 0.05) is 12.8 Å². The van der Waals surface area contributed by atoms with Crippen molar-refractivity contribution in [3.63, 3.8) is 0 Å². The van der Waals surface area contributed by atoms with Crippen molar-refractivity contribution in [2.24, 2.45) is 0 Å². The second-order valence-corrected chi connectivity index (χ2v) is 5.28. The van der Waals surface area contributed by atoms with E-state index < -0.39 is 35.8 Å². The molecule has 1 aliphatic heterocycles. The fourth-order valence-electron chi connectivity index (χ4n) is 2.21. The van der Waals surface area contributed by atoms with Crippen LogP contribution >= 0.6 is 15.9 Å². The summed E-state index contributed by atoms with van der Waals surface area (Å²) in [6.45, 7) is 2.32. The summed E-state index contributed by atoms with van der Waals surface area (Å²) >= 11 is 3.05. The van der Waals surface area contributed by atoms with E-state index in [0.717, 1.165) is 4.57 Å². The zero-order chi connectivity index (χ0) is 16.3. The summed E-state index contributed by atoms with van der Waals surface area (Å²) in [7, 11) is 0. The Morgan fingerprint density at radius 2 is 2.18 bits per heavy atom. The molecule has 1 saturated heterocycles. The second-order valence-electron chi connectivity index (χ2n) is 4.75. The summed E-state index contributed by atoms with van der Waals surface area (Å²) in [6, 6.07) is 0. The highest BCUT2D eigenvalue weighted by Gasteiger charge is 2.44. The van der Waals surface area contributed by atoms with Gasteiger partial charge in [0.15, 0.2) is 6.23 Å². The molecule has 0 amide bonds. The van der Waals surface area contributed by atoms with Gasteiger partial charge in [-0.25, -0.2) is 4.79 Å². The van der Waals surface area contributed by atoms with E-state index in [9.17, 15) is 19.8 Å². The van der Waals surface area contributed by atoms with Gasteiger partial charge in [-0.15, -0.1) is 0 Å². The van der Waals surface area contributed by atoms with Gasteiger partial charge in [-0.1, -0.05) is 15.9 Å². The molecule has 2 rings (SSSR count). The fraction of sp³-hybridized carbons (Fsp3) is 0.538.